The molecule has 25 heavy (non-hydrogen) atoms. The molecule has 0 aliphatic heterocycles. The largest absolute Gasteiger partial charge is 0.481 e. The Morgan fingerprint density at radius 3 is 2.80 bits per heavy atom. The van der Waals surface area contributed by atoms with Crippen molar-refractivity contribution in [2.24, 2.45) is 0 Å². The van der Waals surface area contributed by atoms with Crippen molar-refractivity contribution in [3.8, 4) is 11.4 Å². The monoisotopic (exact) mass is 337 g/mol. The van der Waals surface area contributed by atoms with Crippen LogP contribution >= 0.6 is 0 Å². The van der Waals surface area contributed by atoms with Gasteiger partial charge in [0.1, 0.15) is 12.1 Å². The van der Waals surface area contributed by atoms with Crippen molar-refractivity contribution >= 4 is 11.6 Å². The van der Waals surface area contributed by atoms with Gasteiger partial charge in [0, 0.05) is 11.8 Å². The number of nitrogens with zero attached hydrogens (tertiary/aromatic N) is 4. The maximum Gasteiger partial charge on any atom is 0.265 e. The molecule has 0 saturated heterocycles. The van der Waals surface area contributed by atoms with Crippen molar-refractivity contribution in [1.29, 1.82) is 0 Å². The van der Waals surface area contributed by atoms with Crippen LogP contribution in [0.1, 0.15) is 18.1 Å². The first kappa shape index (κ1) is 16.6. The zero-order valence-electron chi connectivity index (χ0n) is 14.3. The molecule has 0 bridgehead atoms. The van der Waals surface area contributed by atoms with Gasteiger partial charge in [-0.05, 0) is 60.5 Å². The number of rotatable bonds is 5. The summed E-state index contributed by atoms with van der Waals surface area (Å²) in [5, 5.41) is 14.0. The van der Waals surface area contributed by atoms with Crippen LogP contribution in [-0.2, 0) is 4.79 Å². The predicted octanol–water partition coefficient (Wildman–Crippen LogP) is 2.69. The van der Waals surface area contributed by atoms with Crippen molar-refractivity contribution in [2.75, 3.05) is 5.32 Å². The second-order valence-corrected chi connectivity index (χ2v) is 5.82. The Balaban J connectivity index is 1.69. The topological polar surface area (TPSA) is 81.9 Å². The van der Waals surface area contributed by atoms with Crippen molar-refractivity contribution < 1.29 is 9.53 Å². The summed E-state index contributed by atoms with van der Waals surface area (Å²) < 4.78 is 7.28. The molecule has 1 heterocycles. The number of tetrazole rings is 1. The minimum Gasteiger partial charge on any atom is -0.481 e. The minimum atomic E-state index is -0.649. The van der Waals surface area contributed by atoms with E-state index in [9.17, 15) is 4.79 Å². The van der Waals surface area contributed by atoms with Gasteiger partial charge in [0.05, 0.1) is 5.69 Å². The normalized spacial score (nSPS) is 11.8. The molecule has 0 radical (unpaired) electrons. The van der Waals surface area contributed by atoms with Gasteiger partial charge in [-0.15, -0.1) is 5.10 Å². The lowest BCUT2D eigenvalue weighted by atomic mass is 10.1. The first-order valence-electron chi connectivity index (χ1n) is 7.91. The van der Waals surface area contributed by atoms with E-state index in [0.29, 0.717) is 5.75 Å². The number of carbonyl (C=O) groups is 1. The Labute approximate surface area is 145 Å². The van der Waals surface area contributed by atoms with Gasteiger partial charge in [0.15, 0.2) is 6.10 Å². The van der Waals surface area contributed by atoms with Crippen LogP contribution in [0.25, 0.3) is 5.69 Å². The van der Waals surface area contributed by atoms with E-state index in [1.165, 1.54) is 11.0 Å². The molecule has 1 N–H and O–H groups in total. The molecule has 1 atom stereocenters. The lowest BCUT2D eigenvalue weighted by Crippen LogP contribution is -2.30. The first-order chi connectivity index (χ1) is 12.0. The number of carbonyl (C=O) groups excluding carboxylic acids is 1. The zero-order chi connectivity index (χ0) is 17.8. The third-order valence-corrected chi connectivity index (χ3v) is 3.76. The van der Waals surface area contributed by atoms with Gasteiger partial charge in [-0.1, -0.05) is 18.2 Å². The molecule has 0 saturated carbocycles. The number of hydrogen-bond acceptors (Lipinski definition) is 5. The van der Waals surface area contributed by atoms with Crippen LogP contribution in [0.2, 0.25) is 0 Å². The summed E-state index contributed by atoms with van der Waals surface area (Å²) in [5.41, 5.74) is 3.64. The van der Waals surface area contributed by atoms with Crippen molar-refractivity contribution in [3.05, 3.63) is 59.9 Å². The molecule has 0 spiro atoms. The number of aromatic nitrogens is 4. The third-order valence-electron chi connectivity index (χ3n) is 3.76. The van der Waals surface area contributed by atoms with Gasteiger partial charge in [-0.25, -0.2) is 4.68 Å². The van der Waals surface area contributed by atoms with E-state index >= 15 is 0 Å². The highest BCUT2D eigenvalue weighted by atomic mass is 16.5. The fraction of sp³-hybridized carbons (Fsp3) is 0.222. The van der Waals surface area contributed by atoms with Gasteiger partial charge >= 0.3 is 0 Å². The number of aryl methyl sites for hydroxylation is 2. The summed E-state index contributed by atoms with van der Waals surface area (Å²) in [4.78, 5) is 12.4. The molecular weight excluding hydrogens is 318 g/mol. The highest BCUT2D eigenvalue weighted by Crippen LogP contribution is 2.19. The average Bonchev–Trinajstić information content (AvgIpc) is 3.13. The Bertz CT molecular complexity index is 877. The summed E-state index contributed by atoms with van der Waals surface area (Å²) >= 11 is 0. The number of hydrogen-bond donors (Lipinski definition) is 1. The number of nitrogens with one attached hydrogen (secondary N) is 1. The molecule has 128 valence electrons. The van der Waals surface area contributed by atoms with Crippen molar-refractivity contribution in [3.63, 3.8) is 0 Å². The SMILES string of the molecule is Cc1ccc(C)c(NC(=O)[C@@H](C)Oc2cccc(-n3cnnn3)c2)c1. The van der Waals surface area contributed by atoms with Crippen LogP contribution < -0.4 is 10.1 Å². The summed E-state index contributed by atoms with van der Waals surface area (Å²) in [6.07, 6.45) is 0.847. The molecule has 7 nitrogen and oxygen atoms in total. The van der Waals surface area contributed by atoms with Gasteiger partial charge in [0.2, 0.25) is 0 Å². The van der Waals surface area contributed by atoms with Gasteiger partial charge in [0.25, 0.3) is 5.91 Å². The standard InChI is InChI=1S/C18H19N5O2/c1-12-7-8-13(2)17(9-12)20-18(24)14(3)25-16-6-4-5-15(10-16)23-11-19-21-22-23/h4-11,14H,1-3H3,(H,20,24)/t14-/m1/s1. The molecule has 1 aromatic heterocycles. The van der Waals surface area contributed by atoms with Gasteiger partial charge < -0.3 is 10.1 Å². The summed E-state index contributed by atoms with van der Waals surface area (Å²) in [6, 6.07) is 13.2. The number of ether oxygens (including phenoxy) is 1. The van der Waals surface area contributed by atoms with Gasteiger partial charge in [-0.3, -0.25) is 4.79 Å². The molecule has 0 unspecified atom stereocenters. The van der Waals surface area contributed by atoms with E-state index in [-0.39, 0.29) is 5.91 Å². The quantitative estimate of drug-likeness (QED) is 0.774. The Morgan fingerprint density at radius 1 is 1.20 bits per heavy atom. The molecule has 3 rings (SSSR count). The molecule has 2 aromatic carbocycles. The second-order valence-electron chi connectivity index (χ2n) is 5.82. The predicted molar refractivity (Wildman–Crippen MR) is 93.8 cm³/mol. The van der Waals surface area contributed by atoms with Crippen LogP contribution in [0.4, 0.5) is 5.69 Å². The second kappa shape index (κ2) is 7.12. The van der Waals surface area contributed by atoms with Crippen LogP contribution in [0.5, 0.6) is 5.75 Å². The fourth-order valence-electron chi connectivity index (χ4n) is 2.34. The number of benzene rings is 2. The Morgan fingerprint density at radius 2 is 2.04 bits per heavy atom. The van der Waals surface area contributed by atoms with Crippen LogP contribution in [0, 0.1) is 13.8 Å². The Hall–Kier alpha value is -3.22. The fourth-order valence-corrected chi connectivity index (χ4v) is 2.34. The third kappa shape index (κ3) is 4.00. The number of amides is 1. The Kier molecular flexibility index (Phi) is 4.74. The lowest BCUT2D eigenvalue weighted by Gasteiger charge is -2.16. The highest BCUT2D eigenvalue weighted by Gasteiger charge is 2.16. The van der Waals surface area contributed by atoms with Crippen LogP contribution in [0.3, 0.4) is 0 Å². The van der Waals surface area contributed by atoms with E-state index in [2.05, 4.69) is 20.8 Å². The van der Waals surface area contributed by atoms with Crippen LogP contribution in [0.15, 0.2) is 48.8 Å². The summed E-state index contributed by atoms with van der Waals surface area (Å²) in [7, 11) is 0. The maximum atomic E-state index is 12.4. The molecular formula is C18H19N5O2. The van der Waals surface area contributed by atoms with E-state index in [4.69, 9.17) is 4.74 Å². The summed E-state index contributed by atoms with van der Waals surface area (Å²) in [6.45, 7) is 5.65. The maximum absolute atomic E-state index is 12.4. The minimum absolute atomic E-state index is 0.207. The van der Waals surface area contributed by atoms with Gasteiger partial charge in [-0.2, -0.15) is 0 Å². The smallest absolute Gasteiger partial charge is 0.265 e. The van der Waals surface area contributed by atoms with E-state index in [1.54, 1.807) is 19.1 Å². The van der Waals surface area contributed by atoms with Crippen molar-refractivity contribution in [1.82, 2.24) is 20.2 Å². The van der Waals surface area contributed by atoms with Crippen molar-refractivity contribution in [2.45, 2.75) is 26.9 Å². The van der Waals surface area contributed by atoms with Crippen LogP contribution in [-0.4, -0.2) is 32.2 Å². The molecule has 1 amide bonds. The zero-order valence-corrected chi connectivity index (χ0v) is 14.3. The van der Waals surface area contributed by atoms with E-state index in [0.717, 1.165) is 22.5 Å². The molecule has 3 aromatic rings. The number of anilines is 1. The molecule has 0 aliphatic rings. The molecule has 0 fully saturated rings. The summed E-state index contributed by atoms with van der Waals surface area (Å²) in [5.74, 6) is 0.359. The lowest BCUT2D eigenvalue weighted by molar-refractivity contribution is -0.122. The highest BCUT2D eigenvalue weighted by molar-refractivity contribution is 5.94. The van der Waals surface area contributed by atoms with E-state index < -0.39 is 6.10 Å². The molecule has 7 heteroatoms. The first-order valence-corrected chi connectivity index (χ1v) is 7.91. The van der Waals surface area contributed by atoms with E-state index in [1.807, 2.05) is 44.2 Å². The molecule has 0 aliphatic carbocycles. The average molecular weight is 337 g/mol.